The van der Waals surface area contributed by atoms with Crippen LogP contribution in [-0.2, 0) is 4.74 Å². The number of hydrogen-bond acceptors (Lipinski definition) is 5. The van der Waals surface area contributed by atoms with Gasteiger partial charge in [-0.3, -0.25) is 4.90 Å². The van der Waals surface area contributed by atoms with Crippen LogP contribution in [0.3, 0.4) is 0 Å². The summed E-state index contributed by atoms with van der Waals surface area (Å²) in [5.74, 6) is 0.954. The highest BCUT2D eigenvalue weighted by Crippen LogP contribution is 2.34. The molecule has 0 amide bonds. The summed E-state index contributed by atoms with van der Waals surface area (Å²) in [4.78, 5) is 10.9. The third-order valence-corrected chi connectivity index (χ3v) is 4.37. The number of anilines is 1. The van der Waals surface area contributed by atoms with E-state index in [0.29, 0.717) is 11.9 Å². The molecular formula is C14H22N4O. The standard InChI is InChI=1S/C14H22N4O/c15-14-16-6-5-13(17-14)11-1-3-12(4-2-11)18-7-9-19-10-8-18/h5-6,11-12H,1-4,7-10H2,(H2,15,16,17). The third kappa shape index (κ3) is 3.04. The highest BCUT2D eigenvalue weighted by atomic mass is 16.5. The maximum atomic E-state index is 5.67. The van der Waals surface area contributed by atoms with E-state index in [9.17, 15) is 0 Å². The van der Waals surface area contributed by atoms with Crippen LogP contribution in [0.5, 0.6) is 0 Å². The summed E-state index contributed by atoms with van der Waals surface area (Å²) in [5, 5.41) is 0. The molecule has 0 radical (unpaired) electrons. The number of nitrogen functional groups attached to an aromatic ring is 1. The van der Waals surface area contributed by atoms with Crippen molar-refractivity contribution in [3.05, 3.63) is 18.0 Å². The number of nitrogens with zero attached hydrogens (tertiary/aromatic N) is 3. The molecule has 1 aromatic heterocycles. The molecule has 2 N–H and O–H groups in total. The van der Waals surface area contributed by atoms with Gasteiger partial charge in [0.1, 0.15) is 0 Å². The monoisotopic (exact) mass is 262 g/mol. The third-order valence-electron chi connectivity index (χ3n) is 4.37. The first-order chi connectivity index (χ1) is 9.33. The Morgan fingerprint density at radius 2 is 1.89 bits per heavy atom. The SMILES string of the molecule is Nc1nccc(C2CCC(N3CCOCC3)CC2)n1. The molecule has 0 aromatic carbocycles. The molecule has 5 heteroatoms. The number of morpholine rings is 1. The molecule has 1 aliphatic carbocycles. The largest absolute Gasteiger partial charge is 0.379 e. The van der Waals surface area contributed by atoms with E-state index in [2.05, 4.69) is 14.9 Å². The van der Waals surface area contributed by atoms with Crippen LogP contribution in [0.2, 0.25) is 0 Å². The molecule has 2 aliphatic rings. The summed E-state index contributed by atoms with van der Waals surface area (Å²) >= 11 is 0. The average molecular weight is 262 g/mol. The van der Waals surface area contributed by atoms with Crippen LogP contribution >= 0.6 is 0 Å². The molecule has 0 spiro atoms. The molecule has 1 saturated carbocycles. The van der Waals surface area contributed by atoms with Crippen molar-refractivity contribution in [1.29, 1.82) is 0 Å². The second-order valence-electron chi connectivity index (χ2n) is 5.49. The molecule has 0 bridgehead atoms. The molecule has 3 rings (SSSR count). The van der Waals surface area contributed by atoms with E-state index in [0.717, 1.165) is 38.0 Å². The van der Waals surface area contributed by atoms with Crippen LogP contribution < -0.4 is 5.73 Å². The van der Waals surface area contributed by atoms with Crippen molar-refractivity contribution in [2.45, 2.75) is 37.6 Å². The number of rotatable bonds is 2. The predicted octanol–water partition coefficient (Wildman–Crippen LogP) is 1.42. The number of ether oxygens (including phenoxy) is 1. The molecule has 0 atom stereocenters. The summed E-state index contributed by atoms with van der Waals surface area (Å²) < 4.78 is 5.42. The normalized spacial score (nSPS) is 29.3. The van der Waals surface area contributed by atoms with E-state index < -0.39 is 0 Å². The summed E-state index contributed by atoms with van der Waals surface area (Å²) in [6, 6.07) is 2.75. The molecule has 2 fully saturated rings. The van der Waals surface area contributed by atoms with Gasteiger partial charge in [-0.15, -0.1) is 0 Å². The zero-order valence-corrected chi connectivity index (χ0v) is 11.3. The minimum absolute atomic E-state index is 0.396. The summed E-state index contributed by atoms with van der Waals surface area (Å²) in [6.45, 7) is 3.97. The number of hydrogen-bond donors (Lipinski definition) is 1. The van der Waals surface area contributed by atoms with Crippen molar-refractivity contribution < 1.29 is 4.74 Å². The van der Waals surface area contributed by atoms with Crippen molar-refractivity contribution in [2.24, 2.45) is 0 Å². The van der Waals surface area contributed by atoms with Crippen LogP contribution in [0.4, 0.5) is 5.95 Å². The minimum Gasteiger partial charge on any atom is -0.379 e. The Bertz CT molecular complexity index is 412. The Morgan fingerprint density at radius 3 is 2.58 bits per heavy atom. The van der Waals surface area contributed by atoms with Gasteiger partial charge < -0.3 is 10.5 Å². The van der Waals surface area contributed by atoms with Gasteiger partial charge in [0.25, 0.3) is 0 Å². The molecule has 2 heterocycles. The van der Waals surface area contributed by atoms with E-state index in [1.165, 1.54) is 25.7 Å². The van der Waals surface area contributed by atoms with E-state index >= 15 is 0 Å². The van der Waals surface area contributed by atoms with Gasteiger partial charge in [0.15, 0.2) is 0 Å². The van der Waals surface area contributed by atoms with Gasteiger partial charge in [-0.1, -0.05) is 0 Å². The van der Waals surface area contributed by atoms with Gasteiger partial charge >= 0.3 is 0 Å². The van der Waals surface area contributed by atoms with Crippen molar-refractivity contribution in [3.8, 4) is 0 Å². The summed E-state index contributed by atoms with van der Waals surface area (Å²) in [5.41, 5.74) is 6.78. The van der Waals surface area contributed by atoms with Crippen molar-refractivity contribution in [2.75, 3.05) is 32.0 Å². The lowest BCUT2D eigenvalue weighted by atomic mass is 9.83. The number of aromatic nitrogens is 2. The van der Waals surface area contributed by atoms with Crippen molar-refractivity contribution >= 4 is 5.95 Å². The predicted molar refractivity (Wildman–Crippen MR) is 73.8 cm³/mol. The van der Waals surface area contributed by atoms with Gasteiger partial charge in [-0.2, -0.15) is 0 Å². The summed E-state index contributed by atoms with van der Waals surface area (Å²) in [6.07, 6.45) is 6.70. The molecule has 0 unspecified atom stereocenters. The quantitative estimate of drug-likeness (QED) is 0.873. The maximum absolute atomic E-state index is 5.67. The van der Waals surface area contributed by atoms with Crippen LogP contribution in [0.15, 0.2) is 12.3 Å². The van der Waals surface area contributed by atoms with Gasteiger partial charge in [-0.25, -0.2) is 9.97 Å². The Hall–Kier alpha value is -1.20. The smallest absolute Gasteiger partial charge is 0.220 e. The molecule has 1 aliphatic heterocycles. The first-order valence-electron chi connectivity index (χ1n) is 7.23. The van der Waals surface area contributed by atoms with E-state index in [1.807, 2.05) is 6.07 Å². The van der Waals surface area contributed by atoms with E-state index in [1.54, 1.807) is 6.20 Å². The lowest BCUT2D eigenvalue weighted by molar-refractivity contribution is 0.00721. The van der Waals surface area contributed by atoms with Gasteiger partial charge in [0, 0.05) is 36.9 Å². The fourth-order valence-corrected chi connectivity index (χ4v) is 3.30. The van der Waals surface area contributed by atoms with Gasteiger partial charge in [-0.05, 0) is 31.7 Å². The zero-order valence-electron chi connectivity index (χ0n) is 11.3. The van der Waals surface area contributed by atoms with E-state index in [-0.39, 0.29) is 0 Å². The first kappa shape index (κ1) is 12.8. The lowest BCUT2D eigenvalue weighted by Crippen LogP contribution is -2.44. The minimum atomic E-state index is 0.396. The van der Waals surface area contributed by atoms with Gasteiger partial charge in [0.05, 0.1) is 13.2 Å². The van der Waals surface area contributed by atoms with Gasteiger partial charge in [0.2, 0.25) is 5.95 Å². The fraction of sp³-hybridized carbons (Fsp3) is 0.714. The van der Waals surface area contributed by atoms with Crippen LogP contribution in [0.1, 0.15) is 37.3 Å². The van der Waals surface area contributed by atoms with Crippen molar-refractivity contribution in [1.82, 2.24) is 14.9 Å². The molecular weight excluding hydrogens is 240 g/mol. The highest BCUT2D eigenvalue weighted by molar-refractivity contribution is 5.20. The molecule has 1 aromatic rings. The van der Waals surface area contributed by atoms with Crippen LogP contribution in [0, 0.1) is 0 Å². The van der Waals surface area contributed by atoms with Crippen LogP contribution in [-0.4, -0.2) is 47.2 Å². The first-order valence-corrected chi connectivity index (χ1v) is 7.23. The summed E-state index contributed by atoms with van der Waals surface area (Å²) in [7, 11) is 0. The second kappa shape index (κ2) is 5.84. The average Bonchev–Trinajstić information content (AvgIpc) is 2.48. The Kier molecular flexibility index (Phi) is 3.94. The Balaban J connectivity index is 1.57. The highest BCUT2D eigenvalue weighted by Gasteiger charge is 2.28. The van der Waals surface area contributed by atoms with Crippen molar-refractivity contribution in [3.63, 3.8) is 0 Å². The fourth-order valence-electron chi connectivity index (χ4n) is 3.30. The Morgan fingerprint density at radius 1 is 1.16 bits per heavy atom. The lowest BCUT2D eigenvalue weighted by Gasteiger charge is -2.38. The molecule has 104 valence electrons. The molecule has 5 nitrogen and oxygen atoms in total. The molecule has 19 heavy (non-hydrogen) atoms. The van der Waals surface area contributed by atoms with E-state index in [4.69, 9.17) is 10.5 Å². The van der Waals surface area contributed by atoms with Crippen LogP contribution in [0.25, 0.3) is 0 Å². The maximum Gasteiger partial charge on any atom is 0.220 e. The topological polar surface area (TPSA) is 64.3 Å². The molecule has 1 saturated heterocycles. The zero-order chi connectivity index (χ0) is 13.1. The number of nitrogens with two attached hydrogens (primary N) is 1. The Labute approximate surface area is 114 Å². The second-order valence-corrected chi connectivity index (χ2v) is 5.49.